The maximum absolute atomic E-state index is 15.3. The third kappa shape index (κ3) is 6.90. The summed E-state index contributed by atoms with van der Waals surface area (Å²) >= 11 is 0. The minimum atomic E-state index is -2.20. The molecule has 0 aromatic heterocycles. The van der Waals surface area contributed by atoms with Gasteiger partial charge in [-0.3, -0.25) is 0 Å². The lowest BCUT2D eigenvalue weighted by Crippen LogP contribution is -2.51. The summed E-state index contributed by atoms with van der Waals surface area (Å²) in [7, 11) is -4.39. The summed E-state index contributed by atoms with van der Waals surface area (Å²) in [6, 6.07) is 16.7. The Morgan fingerprint density at radius 2 is 0.738 bits per heavy atom. The summed E-state index contributed by atoms with van der Waals surface area (Å²) in [5, 5.41) is 6.19. The number of benzene rings is 2. The second-order valence-electron chi connectivity index (χ2n) is 13.5. The van der Waals surface area contributed by atoms with E-state index in [0.29, 0.717) is 0 Å². The van der Waals surface area contributed by atoms with Crippen molar-refractivity contribution in [3.8, 4) is 0 Å². The number of hydrogen-bond acceptors (Lipinski definition) is 0. The zero-order valence-corrected chi connectivity index (χ0v) is 29.4. The highest BCUT2D eigenvalue weighted by Crippen LogP contribution is 2.55. The monoisotopic (exact) mass is 608 g/mol. The third-order valence-corrected chi connectivity index (χ3v) is 21.5. The first-order valence-electron chi connectivity index (χ1n) is 17.8. The van der Waals surface area contributed by atoms with Crippen LogP contribution in [0.15, 0.2) is 36.4 Å². The quantitative estimate of drug-likeness (QED) is 0.104. The van der Waals surface area contributed by atoms with Gasteiger partial charge in [0.2, 0.25) is 0 Å². The molecule has 2 aliphatic heterocycles. The number of halogens is 2. The number of hydrogen-bond donors (Lipinski definition) is 0. The van der Waals surface area contributed by atoms with E-state index in [-0.39, 0.29) is 11.6 Å². The Morgan fingerprint density at radius 3 is 1.02 bits per heavy atom. The average molecular weight is 609 g/mol. The smallest absolute Gasteiger partial charge is 0.123 e. The minimum Gasteiger partial charge on any atom is -0.207 e. The lowest BCUT2D eigenvalue weighted by atomic mass is 10.1. The van der Waals surface area contributed by atoms with Gasteiger partial charge in [-0.15, -0.1) is 0 Å². The van der Waals surface area contributed by atoms with Gasteiger partial charge in [0.1, 0.15) is 27.8 Å². The minimum absolute atomic E-state index is 0.0932. The Morgan fingerprint density at radius 1 is 0.429 bits per heavy atom. The van der Waals surface area contributed by atoms with Gasteiger partial charge in [-0.1, -0.05) is 143 Å². The Kier molecular flexibility index (Phi) is 12.7. The van der Waals surface area contributed by atoms with Crippen molar-refractivity contribution in [3.63, 3.8) is 0 Å². The molecule has 0 saturated carbocycles. The Balaban J connectivity index is 1.93. The van der Waals surface area contributed by atoms with Crippen molar-refractivity contribution in [2.45, 2.75) is 155 Å². The molecule has 0 N–H and O–H groups in total. The lowest BCUT2D eigenvalue weighted by molar-refractivity contribution is 0.627. The topological polar surface area (TPSA) is 0 Å². The Hall–Kier alpha value is -1.53. The maximum Gasteiger partial charge on any atom is 0.123 e. The molecular formula is C38H58F2Si2. The van der Waals surface area contributed by atoms with Crippen LogP contribution in [0.4, 0.5) is 8.78 Å². The molecule has 2 aliphatic rings. The van der Waals surface area contributed by atoms with Crippen LogP contribution in [-0.4, -0.2) is 16.1 Å². The fourth-order valence-electron chi connectivity index (χ4n) is 8.52. The van der Waals surface area contributed by atoms with Gasteiger partial charge in [0.15, 0.2) is 0 Å². The van der Waals surface area contributed by atoms with Gasteiger partial charge in [0, 0.05) is 0 Å². The van der Waals surface area contributed by atoms with Crippen LogP contribution in [0.3, 0.4) is 0 Å². The molecule has 0 atom stereocenters. The van der Waals surface area contributed by atoms with E-state index in [0.717, 1.165) is 0 Å². The van der Waals surface area contributed by atoms with Crippen molar-refractivity contribution in [1.29, 1.82) is 0 Å². The predicted octanol–water partition coefficient (Wildman–Crippen LogP) is 11.6. The van der Waals surface area contributed by atoms with Crippen LogP contribution >= 0.6 is 0 Å². The van der Waals surface area contributed by atoms with Crippen molar-refractivity contribution in [2.75, 3.05) is 0 Å². The molecule has 0 unspecified atom stereocenters. The number of fused-ring (bicyclic) bond motifs is 4. The predicted molar refractivity (Wildman–Crippen MR) is 186 cm³/mol. The van der Waals surface area contributed by atoms with E-state index < -0.39 is 16.1 Å². The molecule has 0 saturated heterocycles. The summed E-state index contributed by atoms with van der Waals surface area (Å²) in [6.07, 6.45) is 20.1. The average Bonchev–Trinajstić information content (AvgIpc) is 3.42. The van der Waals surface area contributed by atoms with Gasteiger partial charge in [-0.05, 0) is 80.3 Å². The molecule has 232 valence electrons. The molecule has 0 spiro atoms. The summed E-state index contributed by atoms with van der Waals surface area (Å²) in [5.74, 6) is -0.186. The lowest BCUT2D eigenvalue weighted by Gasteiger charge is -2.34. The highest BCUT2D eigenvalue weighted by Gasteiger charge is 2.57. The van der Waals surface area contributed by atoms with E-state index in [9.17, 15) is 0 Å². The Bertz CT molecular complexity index is 1070. The van der Waals surface area contributed by atoms with Crippen LogP contribution in [0.5, 0.6) is 0 Å². The summed E-state index contributed by atoms with van der Waals surface area (Å²) in [4.78, 5) is 0. The van der Waals surface area contributed by atoms with Gasteiger partial charge in [0.25, 0.3) is 0 Å². The molecule has 4 heteroatoms. The van der Waals surface area contributed by atoms with Gasteiger partial charge in [-0.2, -0.15) is 0 Å². The van der Waals surface area contributed by atoms with Crippen molar-refractivity contribution in [3.05, 3.63) is 59.2 Å². The van der Waals surface area contributed by atoms with E-state index in [1.165, 1.54) is 148 Å². The maximum atomic E-state index is 15.3. The second-order valence-corrected chi connectivity index (χ2v) is 21.9. The summed E-state index contributed by atoms with van der Waals surface area (Å²) in [6.45, 7) is 9.16. The number of rotatable bonds is 20. The van der Waals surface area contributed by atoms with Gasteiger partial charge >= 0.3 is 0 Å². The highest BCUT2D eigenvalue weighted by molar-refractivity contribution is 7.21. The van der Waals surface area contributed by atoms with E-state index >= 15 is 8.78 Å². The molecule has 0 aliphatic carbocycles. The van der Waals surface area contributed by atoms with Crippen LogP contribution in [0, 0.1) is 11.6 Å². The molecular weight excluding hydrogens is 551 g/mol. The molecule has 4 rings (SSSR count). The Labute approximate surface area is 258 Å². The van der Waals surface area contributed by atoms with Crippen molar-refractivity contribution in [1.82, 2.24) is 0 Å². The van der Waals surface area contributed by atoms with E-state index in [4.69, 9.17) is 0 Å². The van der Waals surface area contributed by atoms with Crippen LogP contribution in [0.2, 0.25) is 24.2 Å². The number of unbranched alkanes of at least 4 members (excludes halogenated alkanes) is 12. The molecule has 0 fully saturated rings. The molecule has 42 heavy (non-hydrogen) atoms. The van der Waals surface area contributed by atoms with Crippen LogP contribution in [0.25, 0.3) is 10.4 Å². The van der Waals surface area contributed by atoms with Crippen molar-refractivity contribution >= 4 is 36.9 Å². The molecule has 0 radical (unpaired) electrons. The van der Waals surface area contributed by atoms with Gasteiger partial charge in [0.05, 0.1) is 0 Å². The standard InChI is InChI=1S/C38H58F2Si2/c1-5-9-13-17-25-41(26-18-14-10-6-2)35-23-21-31(39)29-33(35)38-37(41)34-30-32(40)22-24-36(34)42(38,27-19-15-11-7-3)28-20-16-12-8-4/h21-24,29-30H,5-20,25-28H2,1-4H3. The normalized spacial score (nSPS) is 16.1. The molecule has 0 amide bonds. The highest BCUT2D eigenvalue weighted by atomic mass is 28.3. The summed E-state index contributed by atoms with van der Waals surface area (Å²) < 4.78 is 30.5. The van der Waals surface area contributed by atoms with E-state index in [2.05, 4.69) is 39.8 Å². The third-order valence-electron chi connectivity index (χ3n) is 10.6. The zero-order chi connectivity index (χ0) is 30.0. The summed E-state index contributed by atoms with van der Waals surface area (Å²) in [5.41, 5.74) is 2.55. The first kappa shape index (κ1) is 33.4. The largest absolute Gasteiger partial charge is 0.207 e. The van der Waals surface area contributed by atoms with E-state index in [1.54, 1.807) is 22.5 Å². The SMILES string of the molecule is CCCCCC[Si]1(CCCCCC)C2=C(c3cc(F)ccc31)[Si](CCCCCC)(CCCCCC)c1ccc(F)cc12. The molecule has 2 aromatic rings. The molecule has 0 nitrogen and oxygen atoms in total. The second kappa shape index (κ2) is 16.0. The first-order chi connectivity index (χ1) is 20.5. The van der Waals surface area contributed by atoms with Crippen LogP contribution in [-0.2, 0) is 0 Å². The van der Waals surface area contributed by atoms with Gasteiger partial charge < -0.3 is 0 Å². The van der Waals surface area contributed by atoms with Gasteiger partial charge in [-0.25, -0.2) is 8.78 Å². The fraction of sp³-hybridized carbons (Fsp3) is 0.632. The van der Waals surface area contributed by atoms with Crippen LogP contribution < -0.4 is 10.4 Å². The van der Waals surface area contributed by atoms with Crippen molar-refractivity contribution in [2.24, 2.45) is 0 Å². The van der Waals surface area contributed by atoms with E-state index in [1.807, 2.05) is 12.1 Å². The molecule has 2 aromatic carbocycles. The van der Waals surface area contributed by atoms with Crippen molar-refractivity contribution < 1.29 is 8.78 Å². The molecule has 0 bridgehead atoms. The fourth-order valence-corrected chi connectivity index (χ4v) is 21.6. The first-order valence-corrected chi connectivity index (χ1v) is 22.7. The zero-order valence-electron chi connectivity index (χ0n) is 27.4. The molecule has 2 heterocycles. The van der Waals surface area contributed by atoms with Crippen LogP contribution in [0.1, 0.15) is 142 Å².